The summed E-state index contributed by atoms with van der Waals surface area (Å²) in [5.41, 5.74) is 7.55. The molecule has 0 radical (unpaired) electrons. The number of primary amides is 1. The molecule has 0 saturated carbocycles. The minimum Gasteiger partial charge on any atom is -0.496 e. The molecule has 0 aliphatic carbocycles. The van der Waals surface area contributed by atoms with Crippen LogP contribution >= 0.6 is 0 Å². The van der Waals surface area contributed by atoms with E-state index in [9.17, 15) is 24.3 Å². The second kappa shape index (κ2) is 18.8. The molecular weight excluding hydrogens is 562 g/mol. The van der Waals surface area contributed by atoms with Crippen molar-refractivity contribution in [1.29, 1.82) is 0 Å². The molecule has 0 spiro atoms. The van der Waals surface area contributed by atoms with Gasteiger partial charge in [0.15, 0.2) is 0 Å². The lowest BCUT2D eigenvalue weighted by molar-refractivity contribution is -0.137. The first-order valence-electron chi connectivity index (χ1n) is 14.5. The highest BCUT2D eigenvalue weighted by Gasteiger charge is 2.29. The molecule has 0 saturated heterocycles. The smallest absolute Gasteiger partial charge is 0.303 e. The number of carbonyl (C=O) groups excluding carboxylic acids is 3. The Morgan fingerprint density at radius 3 is 1.93 bits per heavy atom. The summed E-state index contributed by atoms with van der Waals surface area (Å²) in [4.78, 5) is 47.2. The molecule has 3 aromatic rings. The number of hydrogen-bond donors (Lipinski definition) is 5. The maximum absolute atomic E-state index is 13.2. The third kappa shape index (κ3) is 13.1. The van der Waals surface area contributed by atoms with Gasteiger partial charge in [-0.2, -0.15) is 0 Å². The van der Waals surface area contributed by atoms with Gasteiger partial charge in [0.25, 0.3) is 0 Å². The van der Waals surface area contributed by atoms with Crippen molar-refractivity contribution in [1.82, 2.24) is 10.6 Å². The van der Waals surface area contributed by atoms with Crippen LogP contribution in [0.5, 0.6) is 5.75 Å². The number of para-hydroxylation sites is 1. The molecule has 10 heteroatoms. The number of carboxylic acid groups (broad SMARTS) is 1. The first-order chi connectivity index (χ1) is 21.0. The van der Waals surface area contributed by atoms with Gasteiger partial charge in [-0.1, -0.05) is 92.7 Å². The molecule has 236 valence electrons. The van der Waals surface area contributed by atoms with E-state index in [1.807, 2.05) is 86.6 Å². The van der Waals surface area contributed by atoms with Crippen molar-refractivity contribution < 1.29 is 34.1 Å². The first-order valence-corrected chi connectivity index (χ1v) is 14.5. The van der Waals surface area contributed by atoms with Crippen LogP contribution in [-0.2, 0) is 38.4 Å². The van der Waals surface area contributed by atoms with Crippen molar-refractivity contribution in [3.63, 3.8) is 0 Å². The van der Waals surface area contributed by atoms with Crippen molar-refractivity contribution in [2.45, 2.75) is 64.1 Å². The number of carboxylic acids is 1. The van der Waals surface area contributed by atoms with Gasteiger partial charge in [-0.3, -0.25) is 19.2 Å². The minimum atomic E-state index is -1.06. The average molecular weight is 606 g/mol. The van der Waals surface area contributed by atoms with E-state index in [4.69, 9.17) is 15.6 Å². The minimum absolute atomic E-state index is 0.000377. The predicted octanol–water partition coefficient (Wildman–Crippen LogP) is 3.05. The Balaban J connectivity index is 0.000000569. The van der Waals surface area contributed by atoms with Crippen LogP contribution < -0.4 is 21.1 Å². The van der Waals surface area contributed by atoms with Crippen LogP contribution in [0.4, 0.5) is 0 Å². The molecule has 3 amide bonds. The average Bonchev–Trinajstić information content (AvgIpc) is 2.99. The Labute approximate surface area is 258 Å². The van der Waals surface area contributed by atoms with E-state index < -0.39 is 30.1 Å². The van der Waals surface area contributed by atoms with Gasteiger partial charge in [0.2, 0.25) is 17.7 Å². The predicted molar refractivity (Wildman–Crippen MR) is 168 cm³/mol. The molecule has 0 fully saturated rings. The van der Waals surface area contributed by atoms with Crippen molar-refractivity contribution in [3.05, 3.63) is 102 Å². The lowest BCUT2D eigenvalue weighted by Gasteiger charge is -2.28. The van der Waals surface area contributed by atoms with Gasteiger partial charge in [-0.15, -0.1) is 0 Å². The number of hydrogen-bond acceptors (Lipinski definition) is 6. The molecule has 1 unspecified atom stereocenters. The normalized spacial score (nSPS) is 12.6. The van der Waals surface area contributed by atoms with Crippen LogP contribution in [0.25, 0.3) is 0 Å². The second-order valence-electron chi connectivity index (χ2n) is 10.7. The van der Waals surface area contributed by atoms with E-state index in [1.165, 1.54) is 7.11 Å². The number of amides is 3. The summed E-state index contributed by atoms with van der Waals surface area (Å²) in [5.74, 6) is -1.69. The lowest BCUT2D eigenvalue weighted by atomic mass is 9.96. The Morgan fingerprint density at radius 1 is 0.818 bits per heavy atom. The Bertz CT molecular complexity index is 1330. The second-order valence-corrected chi connectivity index (χ2v) is 10.7. The van der Waals surface area contributed by atoms with Crippen LogP contribution in [-0.4, -0.2) is 59.2 Å². The third-order valence-electron chi connectivity index (χ3n) is 6.77. The Hall–Kier alpha value is -4.70. The molecule has 10 nitrogen and oxygen atoms in total. The van der Waals surface area contributed by atoms with Crippen LogP contribution in [0, 0.1) is 5.92 Å². The van der Waals surface area contributed by atoms with E-state index in [0.717, 1.165) is 11.1 Å². The van der Waals surface area contributed by atoms with Gasteiger partial charge in [0, 0.05) is 12.0 Å². The van der Waals surface area contributed by atoms with Crippen molar-refractivity contribution in [3.8, 4) is 5.75 Å². The number of aliphatic carboxylic acids is 1. The van der Waals surface area contributed by atoms with Crippen LogP contribution in [0.3, 0.4) is 0 Å². The number of aliphatic hydroxyl groups excluding tert-OH is 1. The summed E-state index contributed by atoms with van der Waals surface area (Å²) in [6.07, 6.45) is -0.563. The van der Waals surface area contributed by atoms with Gasteiger partial charge < -0.3 is 31.3 Å². The number of ether oxygens (including phenoxy) is 1. The Kier molecular flexibility index (Phi) is 15.1. The topological polar surface area (TPSA) is 168 Å². The van der Waals surface area contributed by atoms with E-state index in [0.29, 0.717) is 24.2 Å². The molecule has 0 bridgehead atoms. The number of carbonyl (C=O) groups is 4. The maximum Gasteiger partial charge on any atom is 0.303 e. The van der Waals surface area contributed by atoms with E-state index >= 15 is 0 Å². The number of aliphatic hydroxyl groups is 1. The van der Waals surface area contributed by atoms with Crippen molar-refractivity contribution in [2.24, 2.45) is 11.7 Å². The molecule has 0 heterocycles. The number of methoxy groups -OCH3 is 1. The molecule has 0 aliphatic heterocycles. The molecular formula is C34H43N3O7. The number of benzene rings is 3. The zero-order chi connectivity index (χ0) is 32.5. The number of rotatable bonds is 15. The van der Waals surface area contributed by atoms with E-state index in [-0.39, 0.29) is 37.0 Å². The van der Waals surface area contributed by atoms with Gasteiger partial charge in [0.05, 0.1) is 32.1 Å². The van der Waals surface area contributed by atoms with Crippen molar-refractivity contribution >= 4 is 23.7 Å². The summed E-state index contributed by atoms with van der Waals surface area (Å²) >= 11 is 0. The van der Waals surface area contributed by atoms with Crippen LogP contribution in [0.1, 0.15) is 43.4 Å². The molecule has 0 aliphatic rings. The van der Waals surface area contributed by atoms with Gasteiger partial charge in [-0.25, -0.2) is 0 Å². The molecule has 3 rings (SSSR count). The lowest BCUT2D eigenvalue weighted by Crippen LogP contribution is -2.55. The quantitative estimate of drug-likeness (QED) is 0.177. The number of nitrogens with two attached hydrogens (primary N) is 1. The summed E-state index contributed by atoms with van der Waals surface area (Å²) in [6, 6.07) is 24.4. The van der Waals surface area contributed by atoms with E-state index in [1.54, 1.807) is 12.1 Å². The largest absolute Gasteiger partial charge is 0.496 e. The SMILES string of the molecule is COc1ccccc1CC(=O)NC(C(=O)N[C@@H](Cc1ccccc1)[C@@H](O)CCC(=O)O)C(C)C.NC(=O)Cc1ccccc1. The van der Waals surface area contributed by atoms with Gasteiger partial charge >= 0.3 is 5.97 Å². The maximum atomic E-state index is 13.2. The summed E-state index contributed by atoms with van der Waals surface area (Å²) in [5, 5.41) is 25.3. The zero-order valence-electron chi connectivity index (χ0n) is 25.4. The highest BCUT2D eigenvalue weighted by molar-refractivity contribution is 5.89. The number of nitrogens with one attached hydrogen (secondary N) is 2. The summed E-state index contributed by atoms with van der Waals surface area (Å²) in [6.45, 7) is 3.64. The fourth-order valence-electron chi connectivity index (χ4n) is 4.47. The van der Waals surface area contributed by atoms with Crippen LogP contribution in [0.15, 0.2) is 84.9 Å². The monoisotopic (exact) mass is 605 g/mol. The van der Waals surface area contributed by atoms with E-state index in [2.05, 4.69) is 10.6 Å². The fourth-order valence-corrected chi connectivity index (χ4v) is 4.47. The Morgan fingerprint density at radius 2 is 1.39 bits per heavy atom. The molecule has 0 aromatic heterocycles. The highest BCUT2D eigenvalue weighted by Crippen LogP contribution is 2.18. The molecule has 44 heavy (non-hydrogen) atoms. The molecule has 3 atom stereocenters. The van der Waals surface area contributed by atoms with Crippen LogP contribution in [0.2, 0.25) is 0 Å². The zero-order valence-corrected chi connectivity index (χ0v) is 25.4. The molecule has 6 N–H and O–H groups in total. The van der Waals surface area contributed by atoms with Crippen molar-refractivity contribution in [2.75, 3.05) is 7.11 Å². The summed E-state index contributed by atoms with van der Waals surface area (Å²) in [7, 11) is 1.53. The first kappa shape index (κ1) is 35.5. The standard InChI is InChI=1S/C26H34N2O6.C8H9NO/c1-17(2)25(28-23(30)16-19-11-7-8-12-22(19)34-3)26(33)27-20(21(29)13-14-24(31)32)15-18-9-5-4-6-10-18;9-8(10)6-7-4-2-1-3-5-7/h4-12,17,20-21,25,29H,13-16H2,1-3H3,(H,27,33)(H,28,30)(H,31,32);1-5H,6H2,(H2,9,10)/t20-,21-,25?;/m0./s1. The summed E-state index contributed by atoms with van der Waals surface area (Å²) < 4.78 is 5.29. The van der Waals surface area contributed by atoms with Gasteiger partial charge in [0.1, 0.15) is 11.8 Å². The van der Waals surface area contributed by atoms with Gasteiger partial charge in [-0.05, 0) is 36.0 Å². The highest BCUT2D eigenvalue weighted by atomic mass is 16.5. The molecule has 3 aromatic carbocycles. The fraction of sp³-hybridized carbons (Fsp3) is 0.353. The third-order valence-corrected chi connectivity index (χ3v) is 6.77.